The zero-order valence-electron chi connectivity index (χ0n) is 15.7. The van der Waals surface area contributed by atoms with E-state index < -0.39 is 0 Å². The molecule has 142 valence electrons. The summed E-state index contributed by atoms with van der Waals surface area (Å²) in [6.07, 6.45) is 5.55. The Morgan fingerprint density at radius 1 is 1.03 bits per heavy atom. The lowest BCUT2D eigenvalue weighted by molar-refractivity contribution is -0.114. The normalized spacial score (nSPS) is 15.5. The van der Waals surface area contributed by atoms with Crippen LogP contribution in [0, 0.1) is 6.92 Å². The maximum Gasteiger partial charge on any atom is 0.265 e. The van der Waals surface area contributed by atoms with Crippen LogP contribution in [-0.2, 0) is 4.79 Å². The van der Waals surface area contributed by atoms with Gasteiger partial charge in [-0.2, -0.15) is 0 Å². The van der Waals surface area contributed by atoms with Crippen LogP contribution in [0.2, 0.25) is 0 Å². The third kappa shape index (κ3) is 3.04. The number of nitrogens with zero attached hydrogens (tertiary/aromatic N) is 3. The Morgan fingerprint density at radius 3 is 2.69 bits per heavy atom. The summed E-state index contributed by atoms with van der Waals surface area (Å²) in [6.45, 7) is 1.95. The SMILES string of the molecule is Cc1noc(/C=C/c2ccccc2)c1N1CN=C2Oc3ccccc3C=C2C1=O. The molecule has 1 aromatic heterocycles. The summed E-state index contributed by atoms with van der Waals surface area (Å²) in [5, 5.41) is 4.06. The highest BCUT2D eigenvalue weighted by Crippen LogP contribution is 2.34. The van der Waals surface area contributed by atoms with Crippen LogP contribution < -0.4 is 9.64 Å². The lowest BCUT2D eigenvalue weighted by Gasteiger charge is -2.29. The molecule has 0 saturated carbocycles. The lowest BCUT2D eigenvalue weighted by Crippen LogP contribution is -2.41. The van der Waals surface area contributed by atoms with Gasteiger partial charge in [-0.05, 0) is 30.7 Å². The second kappa shape index (κ2) is 6.91. The molecule has 6 nitrogen and oxygen atoms in total. The molecule has 3 aromatic rings. The molecule has 2 aliphatic rings. The molecule has 2 aliphatic heterocycles. The first-order valence-electron chi connectivity index (χ1n) is 9.25. The zero-order chi connectivity index (χ0) is 19.8. The van der Waals surface area contributed by atoms with Gasteiger partial charge in [0.2, 0.25) is 5.90 Å². The number of ether oxygens (including phenoxy) is 1. The van der Waals surface area contributed by atoms with Crippen molar-refractivity contribution in [2.75, 3.05) is 11.6 Å². The first-order chi connectivity index (χ1) is 14.2. The lowest BCUT2D eigenvalue weighted by atomic mass is 10.0. The van der Waals surface area contributed by atoms with Crippen molar-refractivity contribution < 1.29 is 14.1 Å². The monoisotopic (exact) mass is 383 g/mol. The molecule has 1 amide bonds. The third-order valence-electron chi connectivity index (χ3n) is 4.84. The molecular formula is C23H17N3O3. The number of hydrogen-bond donors (Lipinski definition) is 0. The van der Waals surface area contributed by atoms with E-state index in [1.165, 1.54) is 0 Å². The number of para-hydroxylation sites is 1. The summed E-state index contributed by atoms with van der Waals surface area (Å²) >= 11 is 0. The molecule has 0 spiro atoms. The molecule has 5 rings (SSSR count). The van der Waals surface area contributed by atoms with Gasteiger partial charge in [-0.15, -0.1) is 0 Å². The molecule has 0 fully saturated rings. The topological polar surface area (TPSA) is 67.9 Å². The summed E-state index contributed by atoms with van der Waals surface area (Å²) in [5.41, 5.74) is 3.54. The zero-order valence-corrected chi connectivity index (χ0v) is 15.7. The number of rotatable bonds is 3. The number of hydrogen-bond acceptors (Lipinski definition) is 5. The summed E-state index contributed by atoms with van der Waals surface area (Å²) in [4.78, 5) is 19.3. The van der Waals surface area contributed by atoms with E-state index in [2.05, 4.69) is 10.1 Å². The van der Waals surface area contributed by atoms with Gasteiger partial charge in [-0.25, -0.2) is 4.99 Å². The van der Waals surface area contributed by atoms with E-state index in [4.69, 9.17) is 9.26 Å². The minimum atomic E-state index is -0.190. The molecule has 0 N–H and O–H groups in total. The molecule has 0 radical (unpaired) electrons. The molecule has 0 atom stereocenters. The Morgan fingerprint density at radius 2 is 1.83 bits per heavy atom. The number of aromatic nitrogens is 1. The highest BCUT2D eigenvalue weighted by atomic mass is 16.5. The number of amides is 1. The number of aryl methyl sites for hydroxylation is 1. The molecule has 6 heteroatoms. The largest absolute Gasteiger partial charge is 0.438 e. The molecule has 0 aliphatic carbocycles. The Labute approximate surface area is 167 Å². The fourth-order valence-electron chi connectivity index (χ4n) is 3.41. The predicted octanol–water partition coefficient (Wildman–Crippen LogP) is 4.33. The van der Waals surface area contributed by atoms with Crippen molar-refractivity contribution in [2.24, 2.45) is 4.99 Å². The fraction of sp³-hybridized carbons (Fsp3) is 0.0870. The highest BCUT2D eigenvalue weighted by Gasteiger charge is 2.35. The van der Waals surface area contributed by atoms with E-state index in [0.717, 1.165) is 11.1 Å². The molecular weight excluding hydrogens is 366 g/mol. The van der Waals surface area contributed by atoms with E-state index in [-0.39, 0.29) is 12.6 Å². The van der Waals surface area contributed by atoms with Crippen molar-refractivity contribution in [1.29, 1.82) is 0 Å². The number of carbonyl (C=O) groups is 1. The molecule has 3 heterocycles. The van der Waals surface area contributed by atoms with Gasteiger partial charge < -0.3 is 9.26 Å². The Hall–Kier alpha value is -3.93. The molecule has 29 heavy (non-hydrogen) atoms. The predicted molar refractivity (Wildman–Crippen MR) is 111 cm³/mol. The van der Waals surface area contributed by atoms with Crippen molar-refractivity contribution in [3.05, 3.63) is 82.8 Å². The van der Waals surface area contributed by atoms with Gasteiger partial charge in [0, 0.05) is 5.56 Å². The number of anilines is 1. The van der Waals surface area contributed by atoms with E-state index in [1.54, 1.807) is 4.90 Å². The number of benzene rings is 2. The second-order valence-corrected chi connectivity index (χ2v) is 6.76. The van der Waals surface area contributed by atoms with Crippen LogP contribution in [0.4, 0.5) is 5.69 Å². The Bertz CT molecular complexity index is 1190. The van der Waals surface area contributed by atoms with Crippen molar-refractivity contribution in [1.82, 2.24) is 5.16 Å². The van der Waals surface area contributed by atoms with E-state index in [1.807, 2.05) is 79.7 Å². The van der Waals surface area contributed by atoms with Gasteiger partial charge >= 0.3 is 0 Å². The van der Waals surface area contributed by atoms with Crippen LogP contribution >= 0.6 is 0 Å². The van der Waals surface area contributed by atoms with Crippen molar-refractivity contribution in [3.8, 4) is 5.75 Å². The van der Waals surface area contributed by atoms with Gasteiger partial charge in [-0.3, -0.25) is 9.69 Å². The van der Waals surface area contributed by atoms with Gasteiger partial charge in [0.15, 0.2) is 5.76 Å². The first-order valence-corrected chi connectivity index (χ1v) is 9.25. The van der Waals surface area contributed by atoms with Crippen molar-refractivity contribution >= 4 is 35.7 Å². The minimum absolute atomic E-state index is 0.141. The van der Waals surface area contributed by atoms with Crippen LogP contribution in [-0.4, -0.2) is 23.6 Å². The standard InChI is InChI=1S/C23H17N3O3/c1-15-21(20(29-25-15)12-11-16-7-3-2-4-8-16)26-14-24-22-18(23(26)27)13-17-9-5-6-10-19(17)28-22/h2-13H,14H2,1H3/b12-11+. The van der Waals surface area contributed by atoms with E-state index in [9.17, 15) is 4.79 Å². The number of carbonyl (C=O) groups excluding carboxylic acids is 1. The first kappa shape index (κ1) is 17.2. The summed E-state index contributed by atoms with van der Waals surface area (Å²) in [5.74, 6) is 1.37. The summed E-state index contributed by atoms with van der Waals surface area (Å²) in [7, 11) is 0. The van der Waals surface area contributed by atoms with Crippen LogP contribution in [0.1, 0.15) is 22.6 Å². The van der Waals surface area contributed by atoms with Crippen molar-refractivity contribution in [3.63, 3.8) is 0 Å². The van der Waals surface area contributed by atoms with Gasteiger partial charge in [0.05, 0.1) is 0 Å². The van der Waals surface area contributed by atoms with Gasteiger partial charge in [0.25, 0.3) is 5.91 Å². The Kier molecular flexibility index (Phi) is 4.09. The summed E-state index contributed by atoms with van der Waals surface area (Å²) < 4.78 is 11.3. The molecule has 0 unspecified atom stereocenters. The van der Waals surface area contributed by atoms with Gasteiger partial charge in [-0.1, -0.05) is 59.8 Å². The number of fused-ring (bicyclic) bond motifs is 2. The van der Waals surface area contributed by atoms with Crippen LogP contribution in [0.15, 0.2) is 69.7 Å². The maximum absolute atomic E-state index is 13.2. The molecule has 0 saturated heterocycles. The molecule has 2 aromatic carbocycles. The fourth-order valence-corrected chi connectivity index (χ4v) is 3.41. The highest BCUT2D eigenvalue weighted by molar-refractivity contribution is 6.29. The average molecular weight is 383 g/mol. The van der Waals surface area contributed by atoms with Gasteiger partial charge in [0.1, 0.15) is 29.4 Å². The number of aliphatic imine (C=N–C) groups is 1. The maximum atomic E-state index is 13.2. The van der Waals surface area contributed by atoms with Crippen LogP contribution in [0.5, 0.6) is 5.75 Å². The smallest absolute Gasteiger partial charge is 0.265 e. The molecule has 0 bridgehead atoms. The average Bonchev–Trinajstić information content (AvgIpc) is 3.12. The third-order valence-corrected chi connectivity index (χ3v) is 4.84. The Balaban J connectivity index is 1.51. The second-order valence-electron chi connectivity index (χ2n) is 6.76. The van der Waals surface area contributed by atoms with Crippen LogP contribution in [0.25, 0.3) is 18.2 Å². The van der Waals surface area contributed by atoms with Crippen LogP contribution in [0.3, 0.4) is 0 Å². The van der Waals surface area contributed by atoms with E-state index in [0.29, 0.717) is 34.4 Å². The van der Waals surface area contributed by atoms with Crippen molar-refractivity contribution in [2.45, 2.75) is 6.92 Å². The minimum Gasteiger partial charge on any atom is -0.438 e. The summed E-state index contributed by atoms with van der Waals surface area (Å²) in [6, 6.07) is 17.4. The quantitative estimate of drug-likeness (QED) is 0.675. The van der Waals surface area contributed by atoms with E-state index >= 15 is 0 Å².